The van der Waals surface area contributed by atoms with Crippen LogP contribution in [0.5, 0.6) is 0 Å². The second-order valence-corrected chi connectivity index (χ2v) is 15.7. The van der Waals surface area contributed by atoms with Gasteiger partial charge in [-0.2, -0.15) is 8.78 Å². The molecule has 14 heteroatoms. The highest BCUT2D eigenvalue weighted by atomic mass is 19.3. The van der Waals surface area contributed by atoms with Crippen LogP contribution >= 0.6 is 0 Å². The van der Waals surface area contributed by atoms with Crippen molar-refractivity contribution in [3.05, 3.63) is 0 Å². The zero-order valence-electron chi connectivity index (χ0n) is 32.2. The number of carboxylic acid groups (broad SMARTS) is 2. The fourth-order valence-corrected chi connectivity index (χ4v) is 8.22. The third-order valence-electron chi connectivity index (χ3n) is 11.5. The Kier molecular flexibility index (Phi) is 20.3. The number of carbonyl (C=O) groups is 5. The molecule has 1 heterocycles. The third-order valence-corrected chi connectivity index (χ3v) is 11.5. The molecule has 0 aromatic rings. The summed E-state index contributed by atoms with van der Waals surface area (Å²) in [5.41, 5.74) is 0. The highest BCUT2D eigenvalue weighted by molar-refractivity contribution is 5.86. The van der Waals surface area contributed by atoms with Crippen LogP contribution in [0.2, 0.25) is 0 Å². The first-order chi connectivity index (χ1) is 25.4. The van der Waals surface area contributed by atoms with Crippen LogP contribution in [0.3, 0.4) is 0 Å². The van der Waals surface area contributed by atoms with Gasteiger partial charge in [-0.3, -0.25) is 24.0 Å². The molecule has 7 atom stereocenters. The van der Waals surface area contributed by atoms with Crippen molar-refractivity contribution in [2.24, 2.45) is 23.7 Å². The van der Waals surface area contributed by atoms with Gasteiger partial charge in [0, 0.05) is 63.2 Å². The number of rotatable bonds is 25. The van der Waals surface area contributed by atoms with Gasteiger partial charge in [0.2, 0.25) is 11.6 Å². The van der Waals surface area contributed by atoms with Crippen molar-refractivity contribution in [2.45, 2.75) is 198 Å². The van der Waals surface area contributed by atoms with Gasteiger partial charge in [-0.25, -0.2) is 8.78 Å². The summed E-state index contributed by atoms with van der Waals surface area (Å²) in [7, 11) is 0. The van der Waals surface area contributed by atoms with Gasteiger partial charge in [0.15, 0.2) is 0 Å². The SMILES string of the molecule is CCCCC(F)(F)C(=O)CC[C@@H]1C(CCCCCCC(=O)O)C(=O)C[C@H]1O.CCCCC(F)(F)[C@@]1(O)CC[C@H]2[C@@H](CC(=O)[C@@H]2CCCCCCC(=O)O)O1. The Morgan fingerprint density at radius 1 is 0.722 bits per heavy atom. The smallest absolute Gasteiger partial charge is 0.305 e. The molecule has 312 valence electrons. The number of alkyl halides is 4. The maximum atomic E-state index is 14.4. The molecule has 10 nitrogen and oxygen atoms in total. The van der Waals surface area contributed by atoms with Crippen LogP contribution in [0, 0.1) is 23.7 Å². The summed E-state index contributed by atoms with van der Waals surface area (Å²) >= 11 is 0. The molecule has 0 amide bonds. The van der Waals surface area contributed by atoms with E-state index in [1.165, 1.54) is 0 Å². The van der Waals surface area contributed by atoms with Crippen molar-refractivity contribution in [1.82, 2.24) is 0 Å². The first-order valence-corrected chi connectivity index (χ1v) is 20.2. The molecule has 3 fully saturated rings. The van der Waals surface area contributed by atoms with E-state index >= 15 is 0 Å². The lowest BCUT2D eigenvalue weighted by Crippen LogP contribution is -2.55. The Bertz CT molecular complexity index is 1210. The van der Waals surface area contributed by atoms with Crippen molar-refractivity contribution in [2.75, 3.05) is 0 Å². The van der Waals surface area contributed by atoms with E-state index in [4.69, 9.17) is 14.9 Å². The summed E-state index contributed by atoms with van der Waals surface area (Å²) in [4.78, 5) is 57.3. The number of aliphatic carboxylic acids is 2. The van der Waals surface area contributed by atoms with Gasteiger partial charge in [-0.05, 0) is 63.2 Å². The average Bonchev–Trinajstić information content (AvgIpc) is 3.55. The largest absolute Gasteiger partial charge is 0.481 e. The molecule has 3 rings (SSSR count). The van der Waals surface area contributed by atoms with Gasteiger partial charge in [0.05, 0.1) is 12.2 Å². The van der Waals surface area contributed by atoms with Gasteiger partial charge in [-0.1, -0.05) is 65.2 Å². The van der Waals surface area contributed by atoms with Crippen molar-refractivity contribution >= 4 is 29.3 Å². The minimum absolute atomic E-state index is 0.0226. The van der Waals surface area contributed by atoms with Crippen LogP contribution in [0.15, 0.2) is 0 Å². The van der Waals surface area contributed by atoms with E-state index in [2.05, 4.69) is 0 Å². The molecule has 1 aliphatic heterocycles. The first-order valence-electron chi connectivity index (χ1n) is 20.2. The molecule has 0 aromatic carbocycles. The number of hydrogen-bond donors (Lipinski definition) is 4. The van der Waals surface area contributed by atoms with Crippen molar-refractivity contribution < 1.29 is 66.7 Å². The summed E-state index contributed by atoms with van der Waals surface area (Å²) in [6, 6.07) is 0. The van der Waals surface area contributed by atoms with E-state index in [-0.39, 0.29) is 74.8 Å². The lowest BCUT2D eigenvalue weighted by molar-refractivity contribution is -0.356. The van der Waals surface area contributed by atoms with Crippen LogP contribution in [-0.2, 0) is 28.7 Å². The first kappa shape index (κ1) is 47.7. The number of halogens is 4. The number of carbonyl (C=O) groups excluding carboxylic acids is 3. The second kappa shape index (κ2) is 22.9. The maximum Gasteiger partial charge on any atom is 0.305 e. The van der Waals surface area contributed by atoms with Gasteiger partial charge >= 0.3 is 23.8 Å². The van der Waals surface area contributed by atoms with Crippen LogP contribution in [-0.4, -0.2) is 79.6 Å². The molecule has 0 aromatic heterocycles. The average molecular weight is 781 g/mol. The van der Waals surface area contributed by atoms with E-state index < -0.39 is 72.2 Å². The second-order valence-electron chi connectivity index (χ2n) is 15.7. The Morgan fingerprint density at radius 2 is 1.24 bits per heavy atom. The van der Waals surface area contributed by atoms with Gasteiger partial charge in [0.25, 0.3) is 0 Å². The fraction of sp³-hybridized carbons (Fsp3) is 0.875. The number of hydrogen-bond acceptors (Lipinski definition) is 8. The van der Waals surface area contributed by atoms with Crippen LogP contribution in [0.1, 0.15) is 168 Å². The minimum Gasteiger partial charge on any atom is -0.481 e. The standard InChI is InChI=1S/2C20H32F2O5/c1-2-3-11-19(21,22)20(26)12-10-15-14(16(23)13-17(15)27-20)8-6-4-5-7-9-18(24)25;1-2-3-12-20(21,22)18(25)11-10-15-14(16(23)13-17(15)24)8-6-4-5-7-9-19(26)27/h14-15,17,26H,2-13H2,1H3,(H,24,25);14-15,17,24H,2-13H2,1H3,(H,26,27)/t14-,15-,17-,20-;14?,15-,17-/m11/s1. The van der Waals surface area contributed by atoms with E-state index in [1.54, 1.807) is 6.92 Å². The van der Waals surface area contributed by atoms with Crippen molar-refractivity contribution in [3.8, 4) is 0 Å². The molecule has 2 saturated carbocycles. The van der Waals surface area contributed by atoms with E-state index in [0.717, 1.165) is 38.5 Å². The molecule has 54 heavy (non-hydrogen) atoms. The van der Waals surface area contributed by atoms with Crippen LogP contribution < -0.4 is 0 Å². The molecule has 0 spiro atoms. The Balaban J connectivity index is 0.000000373. The number of ether oxygens (including phenoxy) is 1. The van der Waals surface area contributed by atoms with E-state index in [9.17, 15) is 51.7 Å². The number of aliphatic hydroxyl groups excluding tert-OH is 1. The predicted octanol–water partition coefficient (Wildman–Crippen LogP) is 8.46. The van der Waals surface area contributed by atoms with Crippen molar-refractivity contribution in [3.63, 3.8) is 0 Å². The quantitative estimate of drug-likeness (QED) is 0.0520. The Labute approximate surface area is 317 Å². The highest BCUT2D eigenvalue weighted by Gasteiger charge is 2.60. The molecule has 4 N–H and O–H groups in total. The number of Topliss-reactive ketones (excluding diaryl/α,β-unsaturated/α-hetero) is 3. The molecule has 2 aliphatic carbocycles. The Morgan fingerprint density at radius 3 is 1.80 bits per heavy atom. The van der Waals surface area contributed by atoms with E-state index in [0.29, 0.717) is 51.4 Å². The number of unbranched alkanes of at least 4 members (excludes halogenated alkanes) is 8. The predicted molar refractivity (Wildman–Crippen MR) is 192 cm³/mol. The maximum absolute atomic E-state index is 14.4. The third kappa shape index (κ3) is 14.9. The monoisotopic (exact) mass is 780 g/mol. The summed E-state index contributed by atoms with van der Waals surface area (Å²) < 4.78 is 61.9. The molecule has 1 saturated heterocycles. The van der Waals surface area contributed by atoms with Crippen molar-refractivity contribution in [1.29, 1.82) is 0 Å². The normalized spacial score (nSPS) is 27.0. The number of aliphatic hydroxyl groups is 2. The number of carboxylic acids is 2. The number of fused-ring (bicyclic) bond motifs is 1. The van der Waals surface area contributed by atoms with Gasteiger partial charge in [-0.15, -0.1) is 0 Å². The lowest BCUT2D eigenvalue weighted by Gasteiger charge is -2.43. The Hall–Kier alpha value is -2.45. The topological polar surface area (TPSA) is 175 Å². The van der Waals surface area contributed by atoms with E-state index in [1.807, 2.05) is 6.92 Å². The minimum atomic E-state index is -3.33. The lowest BCUT2D eigenvalue weighted by atomic mass is 9.81. The molecule has 0 bridgehead atoms. The molecular formula is C40H64F4O10. The summed E-state index contributed by atoms with van der Waals surface area (Å²) in [5, 5.41) is 37.8. The fourth-order valence-electron chi connectivity index (χ4n) is 8.22. The molecule has 3 aliphatic rings. The van der Waals surface area contributed by atoms with Crippen LogP contribution in [0.25, 0.3) is 0 Å². The molecule has 0 radical (unpaired) electrons. The molecule has 1 unspecified atom stereocenters. The van der Waals surface area contributed by atoms with Gasteiger partial charge < -0.3 is 25.2 Å². The summed E-state index contributed by atoms with van der Waals surface area (Å²) in [6.07, 6.45) is 7.05. The van der Waals surface area contributed by atoms with Crippen LogP contribution in [0.4, 0.5) is 17.6 Å². The highest BCUT2D eigenvalue weighted by Crippen LogP contribution is 2.49. The molecular weight excluding hydrogens is 716 g/mol. The zero-order valence-corrected chi connectivity index (χ0v) is 32.2. The summed E-state index contributed by atoms with van der Waals surface area (Å²) in [6.45, 7) is 3.60. The number of ketones is 3. The van der Waals surface area contributed by atoms with Gasteiger partial charge in [0.1, 0.15) is 11.6 Å². The zero-order chi connectivity index (χ0) is 40.5. The summed E-state index contributed by atoms with van der Waals surface area (Å²) in [5.74, 6) is -13.0.